The van der Waals surface area contributed by atoms with E-state index in [1.807, 2.05) is 0 Å². The Morgan fingerprint density at radius 2 is 1.84 bits per heavy atom. The van der Waals surface area contributed by atoms with Crippen LogP contribution < -0.4 is 10.6 Å². The second-order valence-electron chi connectivity index (χ2n) is 7.85. The van der Waals surface area contributed by atoms with Crippen LogP contribution in [0.2, 0.25) is 5.02 Å². The number of Topliss-reactive ketones (excluding diaryl/α,β-unsaturated/α-hetero) is 1. The fraction of sp³-hybridized carbons (Fsp3) is 0.250. The highest BCUT2D eigenvalue weighted by molar-refractivity contribution is 6.30. The maximum atomic E-state index is 13.3. The Hall–Kier alpha value is -3.06. The zero-order valence-corrected chi connectivity index (χ0v) is 17.9. The van der Waals surface area contributed by atoms with Crippen molar-refractivity contribution in [3.8, 4) is 0 Å². The summed E-state index contributed by atoms with van der Waals surface area (Å²) in [6.07, 6.45) is -2.74. The van der Waals surface area contributed by atoms with E-state index in [2.05, 4.69) is 10.6 Å². The summed E-state index contributed by atoms with van der Waals surface area (Å²) in [6.45, 7) is 1.73. The van der Waals surface area contributed by atoms with Crippen molar-refractivity contribution in [3.05, 3.63) is 87.2 Å². The Bertz CT molecular complexity index is 1150. The van der Waals surface area contributed by atoms with Crippen molar-refractivity contribution in [3.63, 3.8) is 0 Å². The summed E-state index contributed by atoms with van der Waals surface area (Å²) in [6, 6.07) is 11.3. The third-order valence-electron chi connectivity index (χ3n) is 5.67. The van der Waals surface area contributed by atoms with E-state index < -0.39 is 23.6 Å². The molecule has 2 aliphatic rings. The first-order valence-corrected chi connectivity index (χ1v) is 10.5. The van der Waals surface area contributed by atoms with Gasteiger partial charge in [0.15, 0.2) is 5.78 Å². The van der Waals surface area contributed by atoms with Crippen LogP contribution in [-0.2, 0) is 15.8 Å². The van der Waals surface area contributed by atoms with Crippen molar-refractivity contribution in [2.45, 2.75) is 38.3 Å². The Morgan fingerprint density at radius 1 is 1.12 bits per heavy atom. The lowest BCUT2D eigenvalue weighted by molar-refractivity contribution is -0.137. The highest BCUT2D eigenvalue weighted by atomic mass is 35.5. The van der Waals surface area contributed by atoms with Gasteiger partial charge in [-0.1, -0.05) is 29.8 Å². The van der Waals surface area contributed by atoms with Crippen molar-refractivity contribution < 1.29 is 22.8 Å². The number of benzene rings is 2. The quantitative estimate of drug-likeness (QED) is 0.593. The minimum Gasteiger partial charge on any atom is -0.362 e. The maximum absolute atomic E-state index is 13.3. The van der Waals surface area contributed by atoms with Gasteiger partial charge in [0.2, 0.25) is 0 Å². The fourth-order valence-corrected chi connectivity index (χ4v) is 4.37. The molecule has 0 fully saturated rings. The van der Waals surface area contributed by atoms with Gasteiger partial charge in [0.05, 0.1) is 5.56 Å². The molecule has 1 aliphatic carbocycles. The Kier molecular flexibility index (Phi) is 5.86. The molecule has 1 aliphatic heterocycles. The number of carbonyl (C=O) groups excluding carboxylic acids is 2. The zero-order chi connectivity index (χ0) is 23.0. The molecule has 32 heavy (non-hydrogen) atoms. The van der Waals surface area contributed by atoms with Gasteiger partial charge in [-0.2, -0.15) is 13.2 Å². The first-order valence-electron chi connectivity index (χ1n) is 10.1. The predicted octanol–water partition coefficient (Wildman–Crippen LogP) is 5.97. The van der Waals surface area contributed by atoms with Gasteiger partial charge in [0.25, 0.3) is 5.91 Å². The van der Waals surface area contributed by atoms with E-state index in [1.165, 1.54) is 12.1 Å². The molecule has 0 saturated heterocycles. The number of amides is 1. The molecule has 2 aromatic rings. The number of allylic oxidation sites excluding steroid dienone is 3. The number of hydrogen-bond acceptors (Lipinski definition) is 3. The van der Waals surface area contributed by atoms with Crippen LogP contribution in [-0.4, -0.2) is 11.7 Å². The van der Waals surface area contributed by atoms with E-state index in [0.717, 1.165) is 24.3 Å². The summed E-state index contributed by atoms with van der Waals surface area (Å²) >= 11 is 6.03. The van der Waals surface area contributed by atoms with Gasteiger partial charge in [-0.3, -0.25) is 9.59 Å². The van der Waals surface area contributed by atoms with Crippen LogP contribution in [0.3, 0.4) is 0 Å². The molecule has 1 amide bonds. The second kappa shape index (κ2) is 8.47. The second-order valence-corrected chi connectivity index (χ2v) is 8.29. The summed E-state index contributed by atoms with van der Waals surface area (Å²) < 4.78 is 39.2. The van der Waals surface area contributed by atoms with Crippen molar-refractivity contribution in [1.29, 1.82) is 0 Å². The van der Waals surface area contributed by atoms with E-state index >= 15 is 0 Å². The van der Waals surface area contributed by atoms with Gasteiger partial charge in [-0.05, 0) is 55.7 Å². The normalized spacial score (nSPS) is 18.9. The molecule has 1 heterocycles. The minimum absolute atomic E-state index is 0.0229. The predicted molar refractivity (Wildman–Crippen MR) is 116 cm³/mol. The molecule has 0 saturated carbocycles. The van der Waals surface area contributed by atoms with Crippen LogP contribution in [0, 0.1) is 0 Å². The van der Waals surface area contributed by atoms with E-state index in [-0.39, 0.29) is 11.5 Å². The van der Waals surface area contributed by atoms with E-state index in [1.54, 1.807) is 31.2 Å². The molecule has 2 aromatic carbocycles. The smallest absolute Gasteiger partial charge is 0.362 e. The van der Waals surface area contributed by atoms with E-state index in [4.69, 9.17) is 11.6 Å². The van der Waals surface area contributed by atoms with E-state index in [9.17, 15) is 22.8 Å². The summed E-state index contributed by atoms with van der Waals surface area (Å²) in [5, 5.41) is 6.28. The summed E-state index contributed by atoms with van der Waals surface area (Å²) in [4.78, 5) is 26.2. The third-order valence-corrected chi connectivity index (χ3v) is 5.92. The number of halogens is 4. The summed E-state index contributed by atoms with van der Waals surface area (Å²) in [5.41, 5.74) is 2.04. The molecular weight excluding hydrogens is 441 g/mol. The first kappa shape index (κ1) is 22.1. The largest absolute Gasteiger partial charge is 0.416 e. The molecule has 0 bridgehead atoms. The number of alkyl halides is 3. The first-order chi connectivity index (χ1) is 15.1. The van der Waals surface area contributed by atoms with Crippen LogP contribution in [0.25, 0.3) is 0 Å². The van der Waals surface area contributed by atoms with Crippen LogP contribution in [0.15, 0.2) is 71.1 Å². The molecule has 8 heteroatoms. The maximum Gasteiger partial charge on any atom is 0.416 e. The Morgan fingerprint density at radius 3 is 2.53 bits per heavy atom. The zero-order valence-electron chi connectivity index (χ0n) is 17.1. The Balaban J connectivity index is 1.75. The summed E-state index contributed by atoms with van der Waals surface area (Å²) in [7, 11) is 0. The molecule has 4 nitrogen and oxygen atoms in total. The number of rotatable bonds is 3. The third kappa shape index (κ3) is 4.30. The van der Waals surface area contributed by atoms with Crippen molar-refractivity contribution in [2.24, 2.45) is 0 Å². The average molecular weight is 461 g/mol. The lowest BCUT2D eigenvalue weighted by atomic mass is 9.75. The molecule has 4 rings (SSSR count). The van der Waals surface area contributed by atoms with Crippen LogP contribution in [0.5, 0.6) is 0 Å². The van der Waals surface area contributed by atoms with Gasteiger partial charge in [-0.15, -0.1) is 0 Å². The van der Waals surface area contributed by atoms with Gasteiger partial charge in [0, 0.05) is 45.6 Å². The minimum atomic E-state index is -4.53. The average Bonchev–Trinajstić information content (AvgIpc) is 2.73. The van der Waals surface area contributed by atoms with Crippen LogP contribution >= 0.6 is 11.6 Å². The molecule has 0 aromatic heterocycles. The molecule has 0 radical (unpaired) electrons. The van der Waals surface area contributed by atoms with Crippen LogP contribution in [0.1, 0.15) is 43.2 Å². The molecule has 2 N–H and O–H groups in total. The standard InChI is InChI=1S/C24H20ClF3N2O2/c1-13-20(23(32)30-17-5-2-4-15(12-17)24(26,27)28)21(14-8-10-16(25)11-9-14)22-18(29-13)6-3-7-19(22)31/h2,4-5,8-12,21,29H,3,6-7H2,1H3,(H,30,32). The molecule has 166 valence electrons. The number of nitrogens with one attached hydrogen (secondary N) is 2. The van der Waals surface area contributed by atoms with Gasteiger partial charge < -0.3 is 10.6 Å². The molecule has 1 unspecified atom stereocenters. The highest BCUT2D eigenvalue weighted by Gasteiger charge is 2.38. The monoisotopic (exact) mass is 460 g/mol. The van der Waals surface area contributed by atoms with Gasteiger partial charge in [-0.25, -0.2) is 0 Å². The number of carbonyl (C=O) groups is 2. The topological polar surface area (TPSA) is 58.2 Å². The van der Waals surface area contributed by atoms with Crippen LogP contribution in [0.4, 0.5) is 18.9 Å². The van der Waals surface area contributed by atoms with E-state index in [0.29, 0.717) is 40.3 Å². The number of dihydropyridines is 1. The van der Waals surface area contributed by atoms with Gasteiger partial charge in [0.1, 0.15) is 0 Å². The SMILES string of the molecule is CC1=C(C(=O)Nc2cccc(C(F)(F)F)c2)C(c2ccc(Cl)cc2)C2=C(CCCC2=O)N1. The molecule has 0 spiro atoms. The number of hydrogen-bond donors (Lipinski definition) is 2. The highest BCUT2D eigenvalue weighted by Crippen LogP contribution is 2.42. The lowest BCUT2D eigenvalue weighted by Gasteiger charge is -2.34. The van der Waals surface area contributed by atoms with Gasteiger partial charge >= 0.3 is 6.18 Å². The number of ketones is 1. The molecule has 1 atom stereocenters. The van der Waals surface area contributed by atoms with Crippen molar-refractivity contribution in [1.82, 2.24) is 5.32 Å². The van der Waals surface area contributed by atoms with Crippen molar-refractivity contribution >= 4 is 29.0 Å². The Labute approximate surface area is 188 Å². The lowest BCUT2D eigenvalue weighted by Crippen LogP contribution is -2.35. The fourth-order valence-electron chi connectivity index (χ4n) is 4.24. The molecular formula is C24H20ClF3N2O2. The summed E-state index contributed by atoms with van der Waals surface area (Å²) in [5.74, 6) is -1.25. The number of anilines is 1. The van der Waals surface area contributed by atoms with Crippen molar-refractivity contribution in [2.75, 3.05) is 5.32 Å².